The highest BCUT2D eigenvalue weighted by molar-refractivity contribution is 7.88. The van der Waals surface area contributed by atoms with Crippen LogP contribution in [-0.4, -0.2) is 49.6 Å². The molecule has 2 saturated heterocycles. The molecule has 2 fully saturated rings. The van der Waals surface area contributed by atoms with E-state index in [4.69, 9.17) is 4.74 Å². The molecule has 6 nitrogen and oxygen atoms in total. The number of nitrogens with one attached hydrogen (secondary N) is 1. The number of fused-ring (bicyclic) bond motifs is 2. The Labute approximate surface area is 136 Å². The number of rotatable bonds is 5. The molecule has 2 aliphatic rings. The van der Waals surface area contributed by atoms with Crippen molar-refractivity contribution in [3.63, 3.8) is 0 Å². The van der Waals surface area contributed by atoms with E-state index in [9.17, 15) is 13.2 Å². The van der Waals surface area contributed by atoms with Crippen LogP contribution in [0.2, 0.25) is 0 Å². The Bertz CT molecular complexity index is 648. The minimum atomic E-state index is -3.16. The second-order valence-corrected chi connectivity index (χ2v) is 8.20. The van der Waals surface area contributed by atoms with E-state index in [1.54, 1.807) is 16.4 Å². The molecular weight excluding hydrogens is 316 g/mol. The number of carbonyl (C=O) groups excluding carboxylic acids is 1. The van der Waals surface area contributed by atoms with Crippen molar-refractivity contribution in [2.75, 3.05) is 12.9 Å². The molecule has 3 rings (SSSR count). The molecule has 2 aliphatic heterocycles. The van der Waals surface area contributed by atoms with Gasteiger partial charge in [0.05, 0.1) is 6.26 Å². The van der Waals surface area contributed by atoms with E-state index in [2.05, 4.69) is 5.32 Å². The summed E-state index contributed by atoms with van der Waals surface area (Å²) in [6.07, 6.45) is 4.39. The summed E-state index contributed by atoms with van der Waals surface area (Å²) in [5.41, 5.74) is 0. The Hall–Kier alpha value is -1.60. The van der Waals surface area contributed by atoms with Gasteiger partial charge in [-0.3, -0.25) is 4.79 Å². The first-order valence-corrected chi connectivity index (χ1v) is 9.74. The van der Waals surface area contributed by atoms with Crippen molar-refractivity contribution in [1.82, 2.24) is 9.62 Å². The summed E-state index contributed by atoms with van der Waals surface area (Å²) in [5, 5.41) is 2.98. The third-order valence-corrected chi connectivity index (χ3v) is 5.89. The fourth-order valence-corrected chi connectivity index (χ4v) is 5.19. The van der Waals surface area contributed by atoms with E-state index < -0.39 is 10.0 Å². The van der Waals surface area contributed by atoms with Crippen molar-refractivity contribution >= 4 is 15.9 Å². The van der Waals surface area contributed by atoms with Gasteiger partial charge in [0, 0.05) is 18.1 Å². The number of hydrogen-bond donors (Lipinski definition) is 1. The van der Waals surface area contributed by atoms with Crippen molar-refractivity contribution in [3.05, 3.63) is 30.3 Å². The van der Waals surface area contributed by atoms with E-state index in [1.807, 2.05) is 18.2 Å². The van der Waals surface area contributed by atoms with Crippen LogP contribution >= 0.6 is 0 Å². The topological polar surface area (TPSA) is 75.7 Å². The zero-order valence-corrected chi connectivity index (χ0v) is 14.0. The van der Waals surface area contributed by atoms with Gasteiger partial charge >= 0.3 is 0 Å². The number of benzene rings is 1. The van der Waals surface area contributed by atoms with Gasteiger partial charge in [-0.1, -0.05) is 18.2 Å². The number of carbonyl (C=O) groups is 1. The third kappa shape index (κ3) is 3.84. The molecule has 23 heavy (non-hydrogen) atoms. The largest absolute Gasteiger partial charge is 0.484 e. The molecule has 1 aromatic carbocycles. The normalized spacial score (nSPS) is 27.6. The molecule has 7 heteroatoms. The van der Waals surface area contributed by atoms with Gasteiger partial charge in [0.2, 0.25) is 10.0 Å². The van der Waals surface area contributed by atoms with E-state index >= 15 is 0 Å². The second kappa shape index (κ2) is 6.49. The molecule has 1 aromatic rings. The van der Waals surface area contributed by atoms with Crippen LogP contribution in [0.25, 0.3) is 0 Å². The van der Waals surface area contributed by atoms with Crippen LogP contribution < -0.4 is 10.1 Å². The molecule has 2 unspecified atom stereocenters. The Morgan fingerprint density at radius 2 is 1.83 bits per heavy atom. The minimum absolute atomic E-state index is 0.0177. The van der Waals surface area contributed by atoms with E-state index in [0.29, 0.717) is 18.6 Å². The molecule has 1 amide bonds. The molecule has 2 heterocycles. The maximum atomic E-state index is 12.0. The van der Waals surface area contributed by atoms with Crippen molar-refractivity contribution in [3.8, 4) is 5.75 Å². The Morgan fingerprint density at radius 1 is 1.22 bits per heavy atom. The fourth-order valence-electron chi connectivity index (χ4n) is 3.73. The fraction of sp³-hybridized carbons (Fsp3) is 0.562. The summed E-state index contributed by atoms with van der Waals surface area (Å²) in [6, 6.07) is 9.26. The molecule has 0 aromatic heterocycles. The number of ether oxygens (including phenoxy) is 1. The molecule has 126 valence electrons. The number of amides is 1. The van der Waals surface area contributed by atoms with Crippen LogP contribution in [0.1, 0.15) is 25.7 Å². The maximum Gasteiger partial charge on any atom is 0.258 e. The predicted octanol–water partition coefficient (Wildman–Crippen LogP) is 1.14. The smallest absolute Gasteiger partial charge is 0.258 e. The summed E-state index contributed by atoms with van der Waals surface area (Å²) >= 11 is 0. The van der Waals surface area contributed by atoms with Crippen molar-refractivity contribution in [1.29, 1.82) is 0 Å². The van der Waals surface area contributed by atoms with E-state index in [-0.39, 0.29) is 30.6 Å². The van der Waals surface area contributed by atoms with Crippen molar-refractivity contribution < 1.29 is 17.9 Å². The van der Waals surface area contributed by atoms with Gasteiger partial charge < -0.3 is 10.1 Å². The number of sulfonamides is 1. The quantitative estimate of drug-likeness (QED) is 0.873. The SMILES string of the molecule is CS(=O)(=O)N1C2CCC1CC(NC(=O)COc1ccccc1)C2. The van der Waals surface area contributed by atoms with E-state index in [1.165, 1.54) is 6.26 Å². The molecule has 2 atom stereocenters. The average Bonchev–Trinajstić information content (AvgIpc) is 2.79. The Morgan fingerprint density at radius 3 is 2.39 bits per heavy atom. The maximum absolute atomic E-state index is 12.0. The molecule has 0 spiro atoms. The van der Waals surface area contributed by atoms with Crippen LogP contribution in [0.15, 0.2) is 30.3 Å². The van der Waals surface area contributed by atoms with Crippen LogP contribution in [0.4, 0.5) is 0 Å². The van der Waals surface area contributed by atoms with Crippen LogP contribution in [-0.2, 0) is 14.8 Å². The lowest BCUT2D eigenvalue weighted by Gasteiger charge is -2.37. The molecule has 0 radical (unpaired) electrons. The number of hydrogen-bond acceptors (Lipinski definition) is 4. The highest BCUT2D eigenvalue weighted by atomic mass is 32.2. The first kappa shape index (κ1) is 16.3. The second-order valence-electron chi connectivity index (χ2n) is 6.32. The Balaban J connectivity index is 1.51. The zero-order chi connectivity index (χ0) is 16.4. The van der Waals surface area contributed by atoms with Gasteiger partial charge in [-0.05, 0) is 37.8 Å². The standard InChI is InChI=1S/C16H22N2O4S/c1-23(20,21)18-13-7-8-14(18)10-12(9-13)17-16(19)11-22-15-5-3-2-4-6-15/h2-6,12-14H,7-11H2,1H3,(H,17,19). The molecule has 2 bridgehead atoms. The van der Waals surface area contributed by atoms with Crippen LogP contribution in [0.5, 0.6) is 5.75 Å². The van der Waals surface area contributed by atoms with Gasteiger partial charge in [-0.25, -0.2) is 8.42 Å². The first-order valence-electron chi connectivity index (χ1n) is 7.89. The van der Waals surface area contributed by atoms with Crippen molar-refractivity contribution in [2.45, 2.75) is 43.8 Å². The summed E-state index contributed by atoms with van der Waals surface area (Å²) in [7, 11) is -3.16. The van der Waals surface area contributed by atoms with Gasteiger partial charge in [0.15, 0.2) is 6.61 Å². The number of nitrogens with zero attached hydrogens (tertiary/aromatic N) is 1. The lowest BCUT2D eigenvalue weighted by Crippen LogP contribution is -2.52. The van der Waals surface area contributed by atoms with Crippen LogP contribution in [0.3, 0.4) is 0 Å². The van der Waals surface area contributed by atoms with Crippen LogP contribution in [0, 0.1) is 0 Å². The van der Waals surface area contributed by atoms with Gasteiger partial charge in [-0.2, -0.15) is 4.31 Å². The van der Waals surface area contributed by atoms with Gasteiger partial charge in [0.25, 0.3) is 5.91 Å². The first-order chi connectivity index (χ1) is 10.9. The van der Waals surface area contributed by atoms with E-state index in [0.717, 1.165) is 12.8 Å². The summed E-state index contributed by atoms with van der Waals surface area (Å²) in [4.78, 5) is 12.0. The molecule has 0 aliphatic carbocycles. The minimum Gasteiger partial charge on any atom is -0.484 e. The van der Waals surface area contributed by atoms with Crippen molar-refractivity contribution in [2.24, 2.45) is 0 Å². The molecule has 0 saturated carbocycles. The van der Waals surface area contributed by atoms with Gasteiger partial charge in [0.1, 0.15) is 5.75 Å². The third-order valence-electron chi connectivity index (χ3n) is 4.53. The monoisotopic (exact) mass is 338 g/mol. The highest BCUT2D eigenvalue weighted by Crippen LogP contribution is 2.37. The van der Waals surface area contributed by atoms with Gasteiger partial charge in [-0.15, -0.1) is 0 Å². The lowest BCUT2D eigenvalue weighted by atomic mass is 10.00. The average molecular weight is 338 g/mol. The summed E-state index contributed by atoms with van der Waals surface area (Å²) in [6.45, 7) is -0.0222. The predicted molar refractivity (Wildman–Crippen MR) is 86.6 cm³/mol. The lowest BCUT2D eigenvalue weighted by molar-refractivity contribution is -0.124. The summed E-state index contributed by atoms with van der Waals surface area (Å²) < 4.78 is 30.8. The number of para-hydroxylation sites is 1. The number of piperidine rings is 1. The molecule has 1 N–H and O–H groups in total. The molecular formula is C16H22N2O4S. The highest BCUT2D eigenvalue weighted by Gasteiger charge is 2.45. The zero-order valence-electron chi connectivity index (χ0n) is 13.1. The summed E-state index contributed by atoms with van der Waals surface area (Å²) in [5.74, 6) is 0.501. The Kier molecular flexibility index (Phi) is 4.59.